The lowest BCUT2D eigenvalue weighted by Gasteiger charge is -2.21. The summed E-state index contributed by atoms with van der Waals surface area (Å²) in [7, 11) is 0. The molecule has 1 heterocycles. The molecule has 7 nitrogen and oxygen atoms in total. The number of carbonyl (C=O) groups excluding carboxylic acids is 2. The molecule has 1 aromatic rings. The number of carbonyl (C=O) groups is 3. The quantitative estimate of drug-likeness (QED) is 0.528. The van der Waals surface area contributed by atoms with Crippen LogP contribution >= 0.6 is 0 Å². The first-order valence-corrected chi connectivity index (χ1v) is 8.55. The summed E-state index contributed by atoms with van der Waals surface area (Å²) in [6, 6.07) is 4.86. The molecule has 1 fully saturated rings. The lowest BCUT2D eigenvalue weighted by molar-refractivity contribution is -0.141. The molecule has 0 bridgehead atoms. The minimum Gasteiger partial charge on any atom is -0.508 e. The lowest BCUT2D eigenvalue weighted by atomic mass is 10.1. The van der Waals surface area contributed by atoms with Gasteiger partial charge in [-0.05, 0) is 24.1 Å². The normalized spacial score (nSPS) is 17.4. The van der Waals surface area contributed by atoms with Gasteiger partial charge < -0.3 is 15.1 Å². The van der Waals surface area contributed by atoms with Crippen LogP contribution in [-0.2, 0) is 16.1 Å². The number of aromatic hydroxyl groups is 1. The zero-order chi connectivity index (χ0) is 18.4. The molecular formula is C18H24N2O5. The Labute approximate surface area is 146 Å². The molecule has 1 aliphatic rings. The topological polar surface area (TPSA) is 98.2 Å². The molecule has 2 N–H and O–H groups in total. The fourth-order valence-electron chi connectivity index (χ4n) is 2.94. The highest BCUT2D eigenvalue weighted by molar-refractivity contribution is 6.05. The van der Waals surface area contributed by atoms with Gasteiger partial charge in [-0.2, -0.15) is 0 Å². The van der Waals surface area contributed by atoms with Crippen LogP contribution in [0.2, 0.25) is 0 Å². The summed E-state index contributed by atoms with van der Waals surface area (Å²) in [6.45, 7) is 2.53. The van der Waals surface area contributed by atoms with Crippen LogP contribution < -0.4 is 0 Å². The first-order valence-electron chi connectivity index (χ1n) is 8.55. The van der Waals surface area contributed by atoms with Gasteiger partial charge in [-0.1, -0.05) is 38.3 Å². The van der Waals surface area contributed by atoms with Crippen molar-refractivity contribution in [1.29, 1.82) is 0 Å². The number of amides is 3. The third-order valence-electron chi connectivity index (χ3n) is 4.30. The lowest BCUT2D eigenvalue weighted by Crippen LogP contribution is -2.36. The van der Waals surface area contributed by atoms with E-state index in [2.05, 4.69) is 6.92 Å². The van der Waals surface area contributed by atoms with Crippen molar-refractivity contribution < 1.29 is 24.6 Å². The minimum atomic E-state index is -1.12. The Hall–Kier alpha value is -2.57. The molecule has 0 aliphatic carbocycles. The maximum atomic E-state index is 12.6. The Balaban J connectivity index is 2.12. The Bertz CT molecular complexity index is 629. The molecular weight excluding hydrogens is 324 g/mol. The first kappa shape index (κ1) is 18.8. The smallest absolute Gasteiger partial charge is 0.327 e. The van der Waals surface area contributed by atoms with E-state index in [1.54, 1.807) is 12.1 Å². The van der Waals surface area contributed by atoms with Crippen molar-refractivity contribution >= 4 is 17.9 Å². The third-order valence-corrected chi connectivity index (χ3v) is 4.30. The molecule has 2 rings (SSSR count). The largest absolute Gasteiger partial charge is 0.508 e. The number of aliphatic carboxylic acids is 1. The molecule has 1 atom stereocenters. The van der Waals surface area contributed by atoms with Crippen molar-refractivity contribution in [1.82, 2.24) is 9.80 Å². The molecule has 0 radical (unpaired) electrons. The number of carboxylic acid groups (broad SMARTS) is 1. The van der Waals surface area contributed by atoms with Gasteiger partial charge in [0.25, 0.3) is 5.91 Å². The van der Waals surface area contributed by atoms with Gasteiger partial charge in [0.2, 0.25) is 0 Å². The third kappa shape index (κ3) is 4.71. The van der Waals surface area contributed by atoms with Crippen LogP contribution in [-0.4, -0.2) is 50.5 Å². The van der Waals surface area contributed by atoms with Crippen LogP contribution in [0, 0.1) is 0 Å². The van der Waals surface area contributed by atoms with Crippen LogP contribution in [0.15, 0.2) is 24.3 Å². The fourth-order valence-corrected chi connectivity index (χ4v) is 2.94. The number of hydrogen-bond donors (Lipinski definition) is 2. The molecule has 0 spiro atoms. The monoisotopic (exact) mass is 348 g/mol. The predicted octanol–water partition coefficient (Wildman–Crippen LogP) is 2.58. The molecule has 0 saturated carbocycles. The summed E-state index contributed by atoms with van der Waals surface area (Å²) in [5, 5.41) is 18.4. The molecule has 1 aliphatic heterocycles. The van der Waals surface area contributed by atoms with Crippen molar-refractivity contribution in [3.05, 3.63) is 29.8 Å². The fraction of sp³-hybridized carbons (Fsp3) is 0.500. The number of rotatable bonds is 9. The number of nitrogens with zero attached hydrogens (tertiary/aromatic N) is 2. The van der Waals surface area contributed by atoms with E-state index in [4.69, 9.17) is 5.11 Å². The number of carboxylic acids is 1. The van der Waals surface area contributed by atoms with Gasteiger partial charge in [0.05, 0.1) is 6.42 Å². The van der Waals surface area contributed by atoms with Gasteiger partial charge in [-0.15, -0.1) is 0 Å². The maximum absolute atomic E-state index is 12.6. The molecule has 1 aromatic carbocycles. The van der Waals surface area contributed by atoms with E-state index in [9.17, 15) is 19.5 Å². The van der Waals surface area contributed by atoms with Crippen molar-refractivity contribution in [3.8, 4) is 5.75 Å². The molecule has 0 unspecified atom stereocenters. The number of hydrogen-bond acceptors (Lipinski definition) is 4. The zero-order valence-electron chi connectivity index (χ0n) is 14.4. The maximum Gasteiger partial charge on any atom is 0.327 e. The summed E-state index contributed by atoms with van der Waals surface area (Å²) in [4.78, 5) is 38.8. The van der Waals surface area contributed by atoms with Gasteiger partial charge in [-0.3, -0.25) is 14.5 Å². The second-order valence-corrected chi connectivity index (χ2v) is 6.24. The second-order valence-electron chi connectivity index (χ2n) is 6.24. The summed E-state index contributed by atoms with van der Waals surface area (Å²) in [6.07, 6.45) is 3.32. The SMILES string of the molecule is CCCCCCN1C(=O)[C@H](CC(=O)O)N(Cc2ccc(O)cc2)C1=O. The number of imide groups is 1. The first-order chi connectivity index (χ1) is 11.9. The molecule has 1 saturated heterocycles. The van der Waals surface area contributed by atoms with Crippen molar-refractivity contribution in [2.45, 2.75) is 51.6 Å². The molecule has 136 valence electrons. The summed E-state index contributed by atoms with van der Waals surface area (Å²) < 4.78 is 0. The van der Waals surface area contributed by atoms with E-state index in [1.165, 1.54) is 21.9 Å². The van der Waals surface area contributed by atoms with E-state index in [0.717, 1.165) is 31.2 Å². The summed E-state index contributed by atoms with van der Waals surface area (Å²) >= 11 is 0. The molecule has 7 heteroatoms. The highest BCUT2D eigenvalue weighted by Crippen LogP contribution is 2.24. The van der Waals surface area contributed by atoms with Gasteiger partial charge in [-0.25, -0.2) is 4.79 Å². The van der Waals surface area contributed by atoms with E-state index < -0.39 is 30.4 Å². The molecule has 3 amide bonds. The van der Waals surface area contributed by atoms with Crippen LogP contribution in [0.3, 0.4) is 0 Å². The second kappa shape index (κ2) is 8.50. The van der Waals surface area contributed by atoms with Crippen molar-refractivity contribution in [3.63, 3.8) is 0 Å². The van der Waals surface area contributed by atoms with Gasteiger partial charge in [0.1, 0.15) is 11.8 Å². The Morgan fingerprint density at radius 2 is 1.80 bits per heavy atom. The number of unbranched alkanes of at least 4 members (excludes halogenated alkanes) is 3. The summed E-state index contributed by atoms with van der Waals surface area (Å²) in [5.74, 6) is -1.45. The van der Waals surface area contributed by atoms with E-state index >= 15 is 0 Å². The minimum absolute atomic E-state index is 0.104. The Kier molecular flexibility index (Phi) is 6.38. The number of phenolic OH excluding ortho intramolecular Hbond substituents is 1. The number of phenols is 1. The highest BCUT2D eigenvalue weighted by Gasteiger charge is 2.45. The van der Waals surface area contributed by atoms with Crippen molar-refractivity contribution in [2.24, 2.45) is 0 Å². The average molecular weight is 348 g/mol. The van der Waals surface area contributed by atoms with E-state index in [1.807, 2.05) is 0 Å². The summed E-state index contributed by atoms with van der Waals surface area (Å²) in [5.41, 5.74) is 0.724. The van der Waals surface area contributed by atoms with E-state index in [-0.39, 0.29) is 12.3 Å². The van der Waals surface area contributed by atoms with Crippen molar-refractivity contribution in [2.75, 3.05) is 6.54 Å². The van der Waals surface area contributed by atoms with Crippen LogP contribution in [0.5, 0.6) is 5.75 Å². The van der Waals surface area contributed by atoms with Crippen LogP contribution in [0.1, 0.15) is 44.6 Å². The van der Waals surface area contributed by atoms with Gasteiger partial charge in [0.15, 0.2) is 0 Å². The number of urea groups is 1. The molecule has 0 aromatic heterocycles. The van der Waals surface area contributed by atoms with Crippen LogP contribution in [0.4, 0.5) is 4.79 Å². The highest BCUT2D eigenvalue weighted by atomic mass is 16.4. The predicted molar refractivity (Wildman–Crippen MR) is 90.9 cm³/mol. The Morgan fingerprint density at radius 3 is 2.40 bits per heavy atom. The standard InChI is InChI=1S/C18H24N2O5/c1-2-3-4-5-10-19-17(24)15(11-16(22)23)20(18(19)25)12-13-6-8-14(21)9-7-13/h6-9,15,21H,2-5,10-12H2,1H3,(H,22,23)/t15-/m0/s1. The van der Waals surface area contributed by atoms with Gasteiger partial charge >= 0.3 is 12.0 Å². The van der Waals surface area contributed by atoms with Gasteiger partial charge in [0, 0.05) is 13.1 Å². The van der Waals surface area contributed by atoms with Crippen LogP contribution in [0.25, 0.3) is 0 Å². The molecule has 25 heavy (non-hydrogen) atoms. The number of benzene rings is 1. The average Bonchev–Trinajstić information content (AvgIpc) is 2.78. The Morgan fingerprint density at radius 1 is 1.12 bits per heavy atom. The van der Waals surface area contributed by atoms with E-state index in [0.29, 0.717) is 6.54 Å². The zero-order valence-corrected chi connectivity index (χ0v) is 14.4.